The van der Waals surface area contributed by atoms with Crippen molar-refractivity contribution in [1.82, 2.24) is 5.32 Å². The van der Waals surface area contributed by atoms with Crippen LogP contribution in [0.25, 0.3) is 0 Å². The summed E-state index contributed by atoms with van der Waals surface area (Å²) in [6.45, 7) is 0.343. The highest BCUT2D eigenvalue weighted by Crippen LogP contribution is 2.27. The lowest BCUT2D eigenvalue weighted by Crippen LogP contribution is -2.29. The molecule has 7 heteroatoms. The SMILES string of the molecule is COc1ccc(Cl)cc1NC(=O)NCC#CCOc1ccccc1Cl. The summed E-state index contributed by atoms with van der Waals surface area (Å²) in [5.41, 5.74) is 0.475. The predicted octanol–water partition coefficient (Wildman–Crippen LogP) is 4.21. The Balaban J connectivity index is 1.76. The molecule has 2 aromatic carbocycles. The number of hydrogen-bond acceptors (Lipinski definition) is 3. The van der Waals surface area contributed by atoms with E-state index in [0.29, 0.717) is 27.2 Å². The van der Waals surface area contributed by atoms with Crippen molar-refractivity contribution in [2.75, 3.05) is 25.6 Å². The number of rotatable bonds is 5. The fourth-order valence-corrected chi connectivity index (χ4v) is 2.22. The number of anilines is 1. The molecule has 0 atom stereocenters. The lowest BCUT2D eigenvalue weighted by molar-refractivity contribution is 0.253. The van der Waals surface area contributed by atoms with Crippen molar-refractivity contribution in [1.29, 1.82) is 0 Å². The van der Waals surface area contributed by atoms with Gasteiger partial charge >= 0.3 is 6.03 Å². The number of halogens is 2. The van der Waals surface area contributed by atoms with Gasteiger partial charge in [0, 0.05) is 5.02 Å². The normalized spacial score (nSPS) is 9.56. The maximum absolute atomic E-state index is 11.9. The van der Waals surface area contributed by atoms with Gasteiger partial charge in [0.2, 0.25) is 0 Å². The largest absolute Gasteiger partial charge is 0.495 e. The Kier molecular flexibility index (Phi) is 7.27. The fourth-order valence-electron chi connectivity index (χ4n) is 1.86. The second-order valence-corrected chi connectivity index (χ2v) is 5.57. The molecule has 25 heavy (non-hydrogen) atoms. The molecular weight excluding hydrogens is 363 g/mol. The molecule has 0 bridgehead atoms. The van der Waals surface area contributed by atoms with E-state index in [1.165, 1.54) is 7.11 Å². The van der Waals surface area contributed by atoms with Crippen molar-refractivity contribution in [3.63, 3.8) is 0 Å². The van der Waals surface area contributed by atoms with E-state index in [9.17, 15) is 4.79 Å². The monoisotopic (exact) mass is 378 g/mol. The van der Waals surface area contributed by atoms with Crippen molar-refractivity contribution in [2.24, 2.45) is 0 Å². The Hall–Kier alpha value is -2.55. The molecule has 0 heterocycles. The Labute approximate surface area is 156 Å². The van der Waals surface area contributed by atoms with Crippen LogP contribution in [0.5, 0.6) is 11.5 Å². The summed E-state index contributed by atoms with van der Waals surface area (Å²) in [5.74, 6) is 6.66. The second kappa shape index (κ2) is 9.67. The third-order valence-electron chi connectivity index (χ3n) is 3.01. The number of ether oxygens (including phenoxy) is 2. The molecule has 2 amide bonds. The van der Waals surface area contributed by atoms with Crippen LogP contribution in [0.2, 0.25) is 10.0 Å². The molecular formula is C18H16Cl2N2O3. The first-order chi connectivity index (χ1) is 12.1. The molecule has 0 aliphatic carbocycles. The number of urea groups is 1. The summed E-state index contributed by atoms with van der Waals surface area (Å²) in [7, 11) is 1.51. The first-order valence-corrected chi connectivity index (χ1v) is 8.07. The van der Waals surface area contributed by atoms with Crippen LogP contribution in [0.3, 0.4) is 0 Å². The molecule has 0 spiro atoms. The van der Waals surface area contributed by atoms with Crippen molar-refractivity contribution in [2.45, 2.75) is 0 Å². The zero-order valence-corrected chi connectivity index (χ0v) is 14.9. The van der Waals surface area contributed by atoms with Gasteiger partial charge in [-0.05, 0) is 30.3 Å². The van der Waals surface area contributed by atoms with Gasteiger partial charge in [0.25, 0.3) is 0 Å². The minimum Gasteiger partial charge on any atom is -0.495 e. The Morgan fingerprint density at radius 1 is 1.12 bits per heavy atom. The number of methoxy groups -OCH3 is 1. The number of nitrogens with one attached hydrogen (secondary N) is 2. The molecule has 0 radical (unpaired) electrons. The van der Waals surface area contributed by atoms with Gasteiger partial charge in [0.1, 0.15) is 18.1 Å². The number of carbonyl (C=O) groups is 1. The topological polar surface area (TPSA) is 59.6 Å². The molecule has 130 valence electrons. The van der Waals surface area contributed by atoms with E-state index in [1.807, 2.05) is 12.1 Å². The molecule has 0 unspecified atom stereocenters. The van der Waals surface area contributed by atoms with Crippen LogP contribution in [-0.2, 0) is 0 Å². The molecule has 5 nitrogen and oxygen atoms in total. The van der Waals surface area contributed by atoms with Crippen LogP contribution in [0, 0.1) is 11.8 Å². The summed E-state index contributed by atoms with van der Waals surface area (Å²) in [5, 5.41) is 6.28. The van der Waals surface area contributed by atoms with E-state index in [0.717, 1.165) is 0 Å². The van der Waals surface area contributed by atoms with Gasteiger partial charge in [0.05, 0.1) is 24.4 Å². The first-order valence-electron chi connectivity index (χ1n) is 7.31. The molecule has 2 N–H and O–H groups in total. The molecule has 0 saturated carbocycles. The van der Waals surface area contributed by atoms with Crippen molar-refractivity contribution in [3.8, 4) is 23.3 Å². The zero-order valence-electron chi connectivity index (χ0n) is 13.4. The van der Waals surface area contributed by atoms with Crippen molar-refractivity contribution < 1.29 is 14.3 Å². The van der Waals surface area contributed by atoms with Crippen LogP contribution in [0.15, 0.2) is 42.5 Å². The number of amides is 2. The average molecular weight is 379 g/mol. The van der Waals surface area contributed by atoms with Gasteiger partial charge in [-0.25, -0.2) is 4.79 Å². The molecule has 0 aliphatic heterocycles. The number of benzene rings is 2. The van der Waals surface area contributed by atoms with Crippen LogP contribution < -0.4 is 20.1 Å². The van der Waals surface area contributed by atoms with E-state index in [4.69, 9.17) is 32.7 Å². The van der Waals surface area contributed by atoms with E-state index in [2.05, 4.69) is 22.5 Å². The van der Waals surface area contributed by atoms with Gasteiger partial charge in [-0.1, -0.05) is 47.2 Å². The van der Waals surface area contributed by atoms with Gasteiger partial charge in [-0.15, -0.1) is 0 Å². The van der Waals surface area contributed by atoms with E-state index >= 15 is 0 Å². The molecule has 0 aliphatic rings. The number of hydrogen-bond donors (Lipinski definition) is 2. The summed E-state index contributed by atoms with van der Waals surface area (Å²) >= 11 is 11.9. The van der Waals surface area contributed by atoms with Crippen molar-refractivity contribution >= 4 is 34.9 Å². The van der Waals surface area contributed by atoms with Crippen molar-refractivity contribution in [3.05, 3.63) is 52.5 Å². The van der Waals surface area contributed by atoms with E-state index in [-0.39, 0.29) is 13.2 Å². The van der Waals surface area contributed by atoms with E-state index in [1.54, 1.807) is 30.3 Å². The molecule has 2 rings (SSSR count). The minimum atomic E-state index is -0.415. The average Bonchev–Trinajstić information content (AvgIpc) is 2.59. The molecule has 0 saturated heterocycles. The standard InChI is InChI=1S/C18H16Cl2N2O3/c1-24-17-9-8-13(19)12-15(17)22-18(23)21-10-4-5-11-25-16-7-3-2-6-14(16)20/h2-3,6-9,12H,10-11H2,1H3,(H2,21,22,23). The van der Waals surface area contributed by atoms with E-state index < -0.39 is 6.03 Å². The minimum absolute atomic E-state index is 0.167. The van der Waals surface area contributed by atoms with Gasteiger partial charge in [-0.2, -0.15) is 0 Å². The zero-order chi connectivity index (χ0) is 18.1. The summed E-state index contributed by atoms with van der Waals surface area (Å²) in [6.07, 6.45) is 0. The van der Waals surface area contributed by atoms with Crippen LogP contribution in [0.4, 0.5) is 10.5 Å². The molecule has 0 aromatic heterocycles. The van der Waals surface area contributed by atoms with Crippen LogP contribution in [0.1, 0.15) is 0 Å². The Bertz CT molecular complexity index is 800. The van der Waals surface area contributed by atoms with Crippen LogP contribution in [-0.4, -0.2) is 26.3 Å². The summed E-state index contributed by atoms with van der Waals surface area (Å²) in [6, 6.07) is 11.7. The highest BCUT2D eigenvalue weighted by molar-refractivity contribution is 6.32. The van der Waals surface area contributed by atoms with Crippen LogP contribution >= 0.6 is 23.2 Å². The maximum atomic E-state index is 11.9. The summed E-state index contributed by atoms with van der Waals surface area (Å²) in [4.78, 5) is 11.9. The lowest BCUT2D eigenvalue weighted by atomic mass is 10.3. The third-order valence-corrected chi connectivity index (χ3v) is 3.56. The Morgan fingerprint density at radius 2 is 1.92 bits per heavy atom. The highest BCUT2D eigenvalue weighted by Gasteiger charge is 2.07. The quantitative estimate of drug-likeness (QED) is 0.766. The lowest BCUT2D eigenvalue weighted by Gasteiger charge is -2.10. The second-order valence-electron chi connectivity index (χ2n) is 4.72. The van der Waals surface area contributed by atoms with Gasteiger partial charge in [-0.3, -0.25) is 0 Å². The summed E-state index contributed by atoms with van der Waals surface area (Å²) < 4.78 is 10.6. The number of para-hydroxylation sites is 1. The fraction of sp³-hybridized carbons (Fsp3) is 0.167. The van der Waals surface area contributed by atoms with Gasteiger partial charge < -0.3 is 20.1 Å². The molecule has 2 aromatic rings. The number of carbonyl (C=O) groups excluding carboxylic acids is 1. The highest BCUT2D eigenvalue weighted by atomic mass is 35.5. The third kappa shape index (κ3) is 6.11. The smallest absolute Gasteiger partial charge is 0.320 e. The first kappa shape index (κ1) is 18.8. The Morgan fingerprint density at radius 3 is 2.68 bits per heavy atom. The predicted molar refractivity (Wildman–Crippen MR) is 99.7 cm³/mol. The van der Waals surface area contributed by atoms with Gasteiger partial charge in [0.15, 0.2) is 0 Å². The molecule has 0 fully saturated rings. The maximum Gasteiger partial charge on any atom is 0.320 e.